The number of nitrogens with one attached hydrogen (secondary N) is 1. The van der Waals surface area contributed by atoms with Crippen molar-refractivity contribution in [1.29, 1.82) is 0 Å². The molecule has 1 amide bonds. The standard InChI is InChI=1S/C21H15Cl3N2O3/c22-16-7-3-1-5-14(16)12-29-19-8-4-2-6-15(19)21(28)26-25-11-13-9-17(23)20(27)18(24)10-13/h1-11,27H,12H2,(H,26,28)/b25-11-. The molecule has 0 saturated heterocycles. The van der Waals surface area contributed by atoms with Crippen molar-refractivity contribution in [1.82, 2.24) is 5.43 Å². The number of hydrazone groups is 1. The molecule has 29 heavy (non-hydrogen) atoms. The molecule has 0 saturated carbocycles. The number of phenols is 1. The van der Waals surface area contributed by atoms with Crippen LogP contribution in [0.2, 0.25) is 15.1 Å². The SMILES string of the molecule is O=C(N/N=C\c1cc(Cl)c(O)c(Cl)c1)c1ccccc1OCc1ccccc1Cl. The van der Waals surface area contributed by atoms with Crippen LogP contribution in [0.5, 0.6) is 11.5 Å². The monoisotopic (exact) mass is 448 g/mol. The summed E-state index contributed by atoms with van der Waals surface area (Å²) in [6.07, 6.45) is 1.36. The van der Waals surface area contributed by atoms with Gasteiger partial charge in [-0.3, -0.25) is 4.79 Å². The molecule has 0 unspecified atom stereocenters. The summed E-state index contributed by atoms with van der Waals surface area (Å²) in [6.45, 7) is 0.220. The number of halogens is 3. The summed E-state index contributed by atoms with van der Waals surface area (Å²) in [7, 11) is 0. The molecule has 0 fully saturated rings. The molecule has 3 aromatic carbocycles. The quantitative estimate of drug-likeness (QED) is 0.375. The Hall–Kier alpha value is -2.73. The summed E-state index contributed by atoms with van der Waals surface area (Å²) in [4.78, 5) is 12.5. The lowest BCUT2D eigenvalue weighted by Crippen LogP contribution is -2.18. The van der Waals surface area contributed by atoms with Gasteiger partial charge >= 0.3 is 0 Å². The largest absolute Gasteiger partial charge is 0.505 e. The molecular formula is C21H15Cl3N2O3. The highest BCUT2D eigenvalue weighted by Gasteiger charge is 2.12. The van der Waals surface area contributed by atoms with E-state index in [1.165, 1.54) is 18.3 Å². The van der Waals surface area contributed by atoms with Gasteiger partial charge in [-0.1, -0.05) is 65.1 Å². The highest BCUT2D eigenvalue weighted by molar-refractivity contribution is 6.37. The number of aromatic hydroxyl groups is 1. The molecule has 0 aliphatic carbocycles. The molecular weight excluding hydrogens is 435 g/mol. The van der Waals surface area contributed by atoms with Crippen LogP contribution in [0.4, 0.5) is 0 Å². The first kappa shape index (κ1) is 21.0. The lowest BCUT2D eigenvalue weighted by Gasteiger charge is -2.11. The third kappa shape index (κ3) is 5.41. The summed E-state index contributed by atoms with van der Waals surface area (Å²) < 4.78 is 5.77. The highest BCUT2D eigenvalue weighted by Crippen LogP contribution is 2.32. The van der Waals surface area contributed by atoms with Crippen molar-refractivity contribution < 1.29 is 14.6 Å². The summed E-state index contributed by atoms with van der Waals surface area (Å²) in [6, 6.07) is 17.1. The zero-order valence-electron chi connectivity index (χ0n) is 14.9. The van der Waals surface area contributed by atoms with E-state index in [0.29, 0.717) is 21.9 Å². The Kier molecular flexibility index (Phi) is 6.99. The minimum Gasteiger partial charge on any atom is -0.505 e. The number of para-hydroxylation sites is 1. The Morgan fingerprint density at radius 1 is 1.00 bits per heavy atom. The minimum atomic E-state index is -0.452. The number of benzene rings is 3. The second-order valence-electron chi connectivity index (χ2n) is 5.91. The van der Waals surface area contributed by atoms with E-state index in [4.69, 9.17) is 39.5 Å². The fraction of sp³-hybridized carbons (Fsp3) is 0.0476. The molecule has 0 aliphatic rings. The fourth-order valence-corrected chi connectivity index (χ4v) is 3.13. The molecule has 0 bridgehead atoms. The molecule has 5 nitrogen and oxygen atoms in total. The smallest absolute Gasteiger partial charge is 0.275 e. The van der Waals surface area contributed by atoms with Gasteiger partial charge < -0.3 is 9.84 Å². The van der Waals surface area contributed by atoms with Crippen LogP contribution in [-0.2, 0) is 6.61 Å². The van der Waals surface area contributed by atoms with Crippen molar-refractivity contribution in [3.05, 3.63) is 92.4 Å². The van der Waals surface area contributed by atoms with Crippen molar-refractivity contribution in [3.63, 3.8) is 0 Å². The lowest BCUT2D eigenvalue weighted by molar-refractivity contribution is 0.0950. The second kappa shape index (κ2) is 9.65. The molecule has 8 heteroatoms. The van der Waals surface area contributed by atoms with Crippen LogP contribution in [-0.4, -0.2) is 17.2 Å². The molecule has 0 aromatic heterocycles. The van der Waals surface area contributed by atoms with Crippen LogP contribution >= 0.6 is 34.8 Å². The van der Waals surface area contributed by atoms with E-state index in [2.05, 4.69) is 10.5 Å². The van der Waals surface area contributed by atoms with Gasteiger partial charge in [0.1, 0.15) is 12.4 Å². The van der Waals surface area contributed by atoms with Gasteiger partial charge in [-0.2, -0.15) is 5.10 Å². The third-order valence-electron chi connectivity index (χ3n) is 3.89. The summed E-state index contributed by atoms with van der Waals surface area (Å²) >= 11 is 17.9. The van der Waals surface area contributed by atoms with Gasteiger partial charge in [0.2, 0.25) is 0 Å². The average Bonchev–Trinajstić information content (AvgIpc) is 2.71. The van der Waals surface area contributed by atoms with E-state index in [1.807, 2.05) is 18.2 Å². The van der Waals surface area contributed by atoms with Gasteiger partial charge in [-0.05, 0) is 35.9 Å². The van der Waals surface area contributed by atoms with Gasteiger partial charge in [0.05, 0.1) is 21.8 Å². The third-order valence-corrected chi connectivity index (χ3v) is 4.84. The van der Waals surface area contributed by atoms with Gasteiger partial charge in [-0.25, -0.2) is 5.43 Å². The van der Waals surface area contributed by atoms with Crippen molar-refractivity contribution in [2.24, 2.45) is 5.10 Å². The van der Waals surface area contributed by atoms with Crippen molar-refractivity contribution in [2.45, 2.75) is 6.61 Å². The van der Waals surface area contributed by atoms with Gasteiger partial charge in [0.15, 0.2) is 5.75 Å². The number of carbonyl (C=O) groups excluding carboxylic acids is 1. The van der Waals surface area contributed by atoms with Crippen molar-refractivity contribution in [3.8, 4) is 11.5 Å². The lowest BCUT2D eigenvalue weighted by atomic mass is 10.2. The predicted octanol–water partition coefficient (Wildman–Crippen LogP) is 5.70. The Morgan fingerprint density at radius 2 is 1.66 bits per heavy atom. The number of nitrogens with zero attached hydrogens (tertiary/aromatic N) is 1. The van der Waals surface area contributed by atoms with Gasteiger partial charge in [0.25, 0.3) is 5.91 Å². The van der Waals surface area contributed by atoms with Crippen LogP contribution in [0.25, 0.3) is 0 Å². The number of rotatable bonds is 6. The summed E-state index contributed by atoms with van der Waals surface area (Å²) in [5, 5.41) is 14.2. The Balaban J connectivity index is 1.69. The van der Waals surface area contributed by atoms with Gasteiger partial charge in [-0.15, -0.1) is 0 Å². The predicted molar refractivity (Wildman–Crippen MR) is 115 cm³/mol. The zero-order chi connectivity index (χ0) is 20.8. The summed E-state index contributed by atoms with van der Waals surface area (Å²) in [5.41, 5.74) is 4.07. The molecule has 0 spiro atoms. The van der Waals surface area contributed by atoms with E-state index in [9.17, 15) is 9.90 Å². The topological polar surface area (TPSA) is 70.9 Å². The maximum Gasteiger partial charge on any atom is 0.275 e. The van der Waals surface area contributed by atoms with Crippen molar-refractivity contribution >= 4 is 46.9 Å². The number of amides is 1. The first-order valence-corrected chi connectivity index (χ1v) is 9.55. The molecule has 2 N–H and O–H groups in total. The number of ether oxygens (including phenoxy) is 1. The van der Waals surface area contributed by atoms with E-state index in [1.54, 1.807) is 30.3 Å². The number of carbonyl (C=O) groups is 1. The van der Waals surface area contributed by atoms with Gasteiger partial charge in [0, 0.05) is 10.6 Å². The Labute approximate surface area is 182 Å². The Bertz CT molecular complexity index is 1050. The first-order valence-electron chi connectivity index (χ1n) is 8.42. The number of hydrogen-bond donors (Lipinski definition) is 2. The molecule has 0 heterocycles. The molecule has 3 aromatic rings. The second-order valence-corrected chi connectivity index (χ2v) is 7.13. The summed E-state index contributed by atoms with van der Waals surface area (Å²) in [5.74, 6) is -0.262. The molecule has 3 rings (SSSR count). The normalized spacial score (nSPS) is 10.9. The van der Waals surface area contributed by atoms with Crippen LogP contribution < -0.4 is 10.2 Å². The fourth-order valence-electron chi connectivity index (χ4n) is 2.44. The molecule has 148 valence electrons. The van der Waals surface area contributed by atoms with Crippen LogP contribution in [0.3, 0.4) is 0 Å². The first-order chi connectivity index (χ1) is 14.0. The molecule has 0 radical (unpaired) electrons. The Morgan fingerprint density at radius 3 is 2.38 bits per heavy atom. The maximum absolute atomic E-state index is 12.5. The van der Waals surface area contributed by atoms with Crippen molar-refractivity contribution in [2.75, 3.05) is 0 Å². The molecule has 0 aliphatic heterocycles. The number of phenolic OH excluding ortho intramolecular Hbond substituents is 1. The number of hydrogen-bond acceptors (Lipinski definition) is 4. The van der Waals surface area contributed by atoms with E-state index in [-0.39, 0.29) is 22.4 Å². The van der Waals surface area contributed by atoms with Crippen LogP contribution in [0.15, 0.2) is 65.8 Å². The van der Waals surface area contributed by atoms with E-state index >= 15 is 0 Å². The van der Waals surface area contributed by atoms with E-state index < -0.39 is 5.91 Å². The maximum atomic E-state index is 12.5. The highest BCUT2D eigenvalue weighted by atomic mass is 35.5. The zero-order valence-corrected chi connectivity index (χ0v) is 17.2. The van der Waals surface area contributed by atoms with Crippen LogP contribution in [0, 0.1) is 0 Å². The molecule has 0 atom stereocenters. The van der Waals surface area contributed by atoms with Crippen LogP contribution in [0.1, 0.15) is 21.5 Å². The minimum absolute atomic E-state index is 0.0867. The average molecular weight is 450 g/mol. The van der Waals surface area contributed by atoms with E-state index in [0.717, 1.165) is 5.56 Å².